The number of allylic oxidation sites excluding steroid dienone is 1. The minimum absolute atomic E-state index is 0.286. The van der Waals surface area contributed by atoms with Gasteiger partial charge >= 0.3 is 5.97 Å². The number of nitrogens with zero attached hydrogens (tertiary/aromatic N) is 3. The van der Waals surface area contributed by atoms with Crippen LogP contribution in [-0.4, -0.2) is 40.1 Å². The van der Waals surface area contributed by atoms with Crippen LogP contribution in [0.5, 0.6) is 5.75 Å². The van der Waals surface area contributed by atoms with E-state index < -0.39 is 0 Å². The topological polar surface area (TPSA) is 67.5 Å². The molecule has 0 saturated carbocycles. The number of benzene rings is 3. The van der Waals surface area contributed by atoms with E-state index in [1.54, 1.807) is 0 Å². The fraction of sp³-hybridized carbons (Fsp3) is 0.333. The number of hydrogen-bond donors (Lipinski definition) is 0. The molecule has 0 radical (unpaired) electrons. The molecule has 0 unspecified atom stereocenters. The van der Waals surface area contributed by atoms with E-state index in [2.05, 4.69) is 51.7 Å². The standard InChI is InChI=1S/C36H37N3O4/c1-2-42-36(40)35-28(17-11-23-43-32-19-9-13-25-12-3-4-14-26(25)32)27-15-10-16-29-33-30(37-39-21-6-5-18-31(33)39)24-41-22-8-7-20-38(35)34(27)29/h3-4,7-10,12-16,19H,2,5-6,11,17-18,20-24H2,1H3/b8-7-. The van der Waals surface area contributed by atoms with Crippen LogP contribution in [0.2, 0.25) is 0 Å². The monoisotopic (exact) mass is 575 g/mol. The zero-order valence-corrected chi connectivity index (χ0v) is 24.7. The highest BCUT2D eigenvalue weighted by molar-refractivity contribution is 6.05. The van der Waals surface area contributed by atoms with Gasteiger partial charge in [-0.2, -0.15) is 5.10 Å². The maximum atomic E-state index is 13.7. The lowest BCUT2D eigenvalue weighted by molar-refractivity contribution is 0.0513. The molecular weight excluding hydrogens is 538 g/mol. The summed E-state index contributed by atoms with van der Waals surface area (Å²) >= 11 is 0. The molecule has 3 aromatic carbocycles. The van der Waals surface area contributed by atoms with Crippen molar-refractivity contribution in [3.8, 4) is 16.9 Å². The van der Waals surface area contributed by atoms with Crippen molar-refractivity contribution >= 4 is 27.6 Å². The molecule has 0 aliphatic carbocycles. The first kappa shape index (κ1) is 27.5. The molecule has 0 amide bonds. The molecule has 2 aliphatic rings. The van der Waals surface area contributed by atoms with Crippen molar-refractivity contribution < 1.29 is 19.0 Å². The van der Waals surface area contributed by atoms with E-state index in [-0.39, 0.29) is 5.97 Å². The van der Waals surface area contributed by atoms with Crippen LogP contribution in [0, 0.1) is 0 Å². The normalized spacial score (nSPS) is 15.5. The Morgan fingerprint density at radius 2 is 1.86 bits per heavy atom. The van der Waals surface area contributed by atoms with E-state index in [4.69, 9.17) is 19.3 Å². The summed E-state index contributed by atoms with van der Waals surface area (Å²) in [7, 11) is 0. The van der Waals surface area contributed by atoms with Gasteiger partial charge in [-0.3, -0.25) is 4.68 Å². The summed E-state index contributed by atoms with van der Waals surface area (Å²) in [5.74, 6) is 0.597. The average Bonchev–Trinajstić information content (AvgIpc) is 3.55. The second-order valence-corrected chi connectivity index (χ2v) is 11.2. The van der Waals surface area contributed by atoms with Crippen molar-refractivity contribution in [2.75, 3.05) is 19.8 Å². The summed E-state index contributed by atoms with van der Waals surface area (Å²) in [6, 6.07) is 20.9. The Bertz CT molecular complexity index is 1820. The summed E-state index contributed by atoms with van der Waals surface area (Å²) in [4.78, 5) is 13.7. The van der Waals surface area contributed by atoms with Crippen LogP contribution >= 0.6 is 0 Å². The Hall–Kier alpha value is -4.36. The minimum Gasteiger partial charge on any atom is -0.493 e. The van der Waals surface area contributed by atoms with Gasteiger partial charge in [-0.05, 0) is 56.0 Å². The third kappa shape index (κ3) is 5.12. The number of esters is 1. The second-order valence-electron chi connectivity index (χ2n) is 11.2. The smallest absolute Gasteiger partial charge is 0.355 e. The van der Waals surface area contributed by atoms with Gasteiger partial charge in [-0.15, -0.1) is 0 Å². The lowest BCUT2D eigenvalue weighted by Gasteiger charge is -2.16. The van der Waals surface area contributed by atoms with Gasteiger partial charge in [0.25, 0.3) is 0 Å². The van der Waals surface area contributed by atoms with Crippen LogP contribution in [-0.2, 0) is 42.0 Å². The summed E-state index contributed by atoms with van der Waals surface area (Å²) in [5.41, 5.74) is 7.20. The summed E-state index contributed by atoms with van der Waals surface area (Å²) in [5, 5.41) is 8.36. The van der Waals surface area contributed by atoms with Gasteiger partial charge < -0.3 is 18.8 Å². The zero-order valence-electron chi connectivity index (χ0n) is 24.7. The molecule has 7 rings (SSSR count). The molecule has 0 saturated heterocycles. The summed E-state index contributed by atoms with van der Waals surface area (Å²) in [6.07, 6.45) is 8.83. The number of hydrogen-bond acceptors (Lipinski definition) is 5. The van der Waals surface area contributed by atoms with Crippen molar-refractivity contribution in [3.63, 3.8) is 0 Å². The lowest BCUT2D eigenvalue weighted by Crippen LogP contribution is -2.15. The fourth-order valence-corrected chi connectivity index (χ4v) is 6.73. The SMILES string of the molecule is CCOC(=O)c1c(CCCOc2cccc3ccccc23)c2cccc3c2n1C/C=C\COCc1nn2c(c1-3)CCCC2. The van der Waals surface area contributed by atoms with Crippen LogP contribution < -0.4 is 4.74 Å². The van der Waals surface area contributed by atoms with Gasteiger partial charge in [0.15, 0.2) is 0 Å². The fourth-order valence-electron chi connectivity index (χ4n) is 6.73. The minimum atomic E-state index is -0.286. The lowest BCUT2D eigenvalue weighted by atomic mass is 9.95. The van der Waals surface area contributed by atoms with Crippen molar-refractivity contribution in [2.45, 2.75) is 58.7 Å². The molecule has 2 aliphatic heterocycles. The largest absolute Gasteiger partial charge is 0.493 e. The van der Waals surface area contributed by atoms with E-state index in [1.165, 1.54) is 5.69 Å². The highest BCUT2D eigenvalue weighted by Gasteiger charge is 2.29. The number of carbonyl (C=O) groups is 1. The first-order valence-corrected chi connectivity index (χ1v) is 15.5. The highest BCUT2D eigenvalue weighted by atomic mass is 16.5. The third-order valence-corrected chi connectivity index (χ3v) is 8.57. The maximum Gasteiger partial charge on any atom is 0.355 e. The highest BCUT2D eigenvalue weighted by Crippen LogP contribution is 2.40. The quantitative estimate of drug-likeness (QED) is 0.116. The molecule has 0 spiro atoms. The Morgan fingerprint density at radius 3 is 2.79 bits per heavy atom. The van der Waals surface area contributed by atoms with Crippen molar-refractivity contribution in [2.24, 2.45) is 0 Å². The van der Waals surface area contributed by atoms with Gasteiger partial charge in [0, 0.05) is 40.7 Å². The molecule has 0 N–H and O–H groups in total. The molecule has 220 valence electrons. The molecular formula is C36H37N3O4. The van der Waals surface area contributed by atoms with Crippen LogP contribution in [0.3, 0.4) is 0 Å². The van der Waals surface area contributed by atoms with E-state index in [9.17, 15) is 4.79 Å². The first-order valence-electron chi connectivity index (χ1n) is 15.5. The summed E-state index contributed by atoms with van der Waals surface area (Å²) in [6.45, 7) is 5.16. The van der Waals surface area contributed by atoms with Crippen LogP contribution in [0.1, 0.15) is 53.6 Å². The van der Waals surface area contributed by atoms with Crippen molar-refractivity contribution in [1.29, 1.82) is 0 Å². The molecule has 5 aromatic rings. The zero-order chi connectivity index (χ0) is 29.2. The Kier molecular flexibility index (Phi) is 7.73. The van der Waals surface area contributed by atoms with E-state index in [1.807, 2.05) is 37.3 Å². The number of para-hydroxylation sites is 1. The van der Waals surface area contributed by atoms with Crippen LogP contribution in [0.4, 0.5) is 0 Å². The predicted octanol–water partition coefficient (Wildman–Crippen LogP) is 7.27. The molecule has 0 atom stereocenters. The number of rotatable bonds is 7. The third-order valence-electron chi connectivity index (χ3n) is 8.57. The van der Waals surface area contributed by atoms with Crippen LogP contribution in [0.15, 0.2) is 72.8 Å². The van der Waals surface area contributed by atoms with Crippen molar-refractivity contribution in [3.05, 3.63) is 95.5 Å². The van der Waals surface area contributed by atoms with E-state index in [0.29, 0.717) is 45.1 Å². The molecule has 4 heterocycles. The maximum absolute atomic E-state index is 13.7. The number of fused-ring (bicyclic) bond motifs is 5. The second kappa shape index (κ2) is 12.1. The number of ether oxygens (including phenoxy) is 3. The Morgan fingerprint density at radius 1 is 1.00 bits per heavy atom. The van der Waals surface area contributed by atoms with Gasteiger partial charge in [-0.25, -0.2) is 4.79 Å². The molecule has 7 heteroatoms. The summed E-state index contributed by atoms with van der Waals surface area (Å²) < 4.78 is 22.3. The molecule has 43 heavy (non-hydrogen) atoms. The molecule has 7 nitrogen and oxygen atoms in total. The Balaban J connectivity index is 1.31. The van der Waals surface area contributed by atoms with Crippen LogP contribution in [0.25, 0.3) is 32.8 Å². The van der Waals surface area contributed by atoms with Gasteiger partial charge in [0.1, 0.15) is 11.4 Å². The van der Waals surface area contributed by atoms with E-state index in [0.717, 1.165) is 82.0 Å². The molecule has 0 bridgehead atoms. The molecule has 2 aromatic heterocycles. The number of aromatic nitrogens is 3. The average molecular weight is 576 g/mol. The molecule has 0 fully saturated rings. The van der Waals surface area contributed by atoms with Gasteiger partial charge in [-0.1, -0.05) is 66.7 Å². The van der Waals surface area contributed by atoms with Gasteiger partial charge in [0.05, 0.1) is 37.6 Å². The van der Waals surface area contributed by atoms with Crippen molar-refractivity contribution in [1.82, 2.24) is 14.3 Å². The number of carbonyl (C=O) groups excluding carboxylic acids is 1. The predicted molar refractivity (Wildman–Crippen MR) is 169 cm³/mol. The first-order chi connectivity index (χ1) is 21.2. The number of aryl methyl sites for hydroxylation is 2. The van der Waals surface area contributed by atoms with Gasteiger partial charge in [0.2, 0.25) is 0 Å². The van der Waals surface area contributed by atoms with E-state index >= 15 is 0 Å². The Labute approximate surface area is 251 Å².